The molecular weight excluding hydrogens is 326 g/mol. The van der Waals surface area contributed by atoms with E-state index in [1.165, 1.54) is 36.3 Å². The number of piperidine rings is 1. The highest BCUT2D eigenvalue weighted by Gasteiger charge is 2.24. The van der Waals surface area contributed by atoms with Gasteiger partial charge in [-0.1, -0.05) is 0 Å². The van der Waals surface area contributed by atoms with Gasteiger partial charge in [0.05, 0.1) is 11.8 Å². The van der Waals surface area contributed by atoms with Crippen LogP contribution in [0.3, 0.4) is 0 Å². The lowest BCUT2D eigenvalue weighted by atomic mass is 9.88. The van der Waals surface area contributed by atoms with Crippen LogP contribution in [0, 0.1) is 0 Å². The molecule has 2 aromatic heterocycles. The molecule has 1 aliphatic heterocycles. The van der Waals surface area contributed by atoms with E-state index < -0.39 is 0 Å². The van der Waals surface area contributed by atoms with Crippen LogP contribution in [-0.4, -0.2) is 34.9 Å². The number of carbonyl (C=O) groups is 1. The fourth-order valence-corrected chi connectivity index (χ4v) is 3.88. The van der Waals surface area contributed by atoms with Gasteiger partial charge in [0.1, 0.15) is 6.26 Å². The van der Waals surface area contributed by atoms with Crippen molar-refractivity contribution in [2.45, 2.75) is 38.6 Å². The number of rotatable bonds is 4. The van der Waals surface area contributed by atoms with Crippen molar-refractivity contribution in [1.82, 2.24) is 9.88 Å². The second-order valence-electron chi connectivity index (χ2n) is 7.37. The zero-order chi connectivity index (χ0) is 18.1. The third-order valence-corrected chi connectivity index (χ3v) is 5.45. The van der Waals surface area contributed by atoms with Gasteiger partial charge in [-0.2, -0.15) is 0 Å². The summed E-state index contributed by atoms with van der Waals surface area (Å²) in [5, 5.41) is 4.16. The molecule has 0 aliphatic carbocycles. The fraction of sp³-hybridized carbons (Fsp3) is 0.381. The Bertz CT molecular complexity index is 887. The van der Waals surface area contributed by atoms with Gasteiger partial charge >= 0.3 is 0 Å². The number of anilines is 1. The van der Waals surface area contributed by atoms with Crippen LogP contribution in [-0.2, 0) is 0 Å². The number of hydrogen-bond acceptors (Lipinski definition) is 3. The molecule has 1 amide bonds. The lowest BCUT2D eigenvalue weighted by Gasteiger charge is -2.34. The van der Waals surface area contributed by atoms with Crippen LogP contribution in [0.15, 0.2) is 47.4 Å². The Balaban J connectivity index is 1.54. The van der Waals surface area contributed by atoms with Crippen molar-refractivity contribution in [3.05, 3.63) is 54.1 Å². The van der Waals surface area contributed by atoms with E-state index in [2.05, 4.69) is 41.3 Å². The molecule has 1 aromatic carbocycles. The van der Waals surface area contributed by atoms with Gasteiger partial charge in [0, 0.05) is 28.8 Å². The summed E-state index contributed by atoms with van der Waals surface area (Å²) in [6, 6.07) is 8.32. The third-order valence-electron chi connectivity index (χ3n) is 5.45. The van der Waals surface area contributed by atoms with Gasteiger partial charge in [-0.05, 0) is 75.5 Å². The summed E-state index contributed by atoms with van der Waals surface area (Å²) in [4.78, 5) is 18.2. The predicted molar refractivity (Wildman–Crippen MR) is 104 cm³/mol. The molecule has 136 valence electrons. The van der Waals surface area contributed by atoms with Gasteiger partial charge in [-0.15, -0.1) is 0 Å². The summed E-state index contributed by atoms with van der Waals surface area (Å²) in [7, 11) is 0. The van der Waals surface area contributed by atoms with E-state index >= 15 is 0 Å². The van der Waals surface area contributed by atoms with Crippen molar-refractivity contribution in [2.24, 2.45) is 0 Å². The molecule has 1 aliphatic rings. The molecule has 2 N–H and O–H groups in total. The van der Waals surface area contributed by atoms with Crippen molar-refractivity contribution in [2.75, 3.05) is 18.4 Å². The van der Waals surface area contributed by atoms with Crippen LogP contribution in [0.2, 0.25) is 0 Å². The number of H-pyrrole nitrogens is 1. The average Bonchev–Trinajstić information content (AvgIpc) is 3.31. The summed E-state index contributed by atoms with van der Waals surface area (Å²) in [5.74, 6) is 0.416. The maximum absolute atomic E-state index is 12.3. The van der Waals surface area contributed by atoms with Crippen molar-refractivity contribution >= 4 is 22.5 Å². The van der Waals surface area contributed by atoms with Gasteiger partial charge in [0.15, 0.2) is 0 Å². The lowest BCUT2D eigenvalue weighted by Crippen LogP contribution is -2.37. The Labute approximate surface area is 153 Å². The molecule has 1 fully saturated rings. The Morgan fingerprint density at radius 2 is 2.08 bits per heavy atom. The normalized spacial score (nSPS) is 16.4. The van der Waals surface area contributed by atoms with E-state index in [-0.39, 0.29) is 5.91 Å². The van der Waals surface area contributed by atoms with E-state index in [9.17, 15) is 4.79 Å². The van der Waals surface area contributed by atoms with Gasteiger partial charge in [0.2, 0.25) is 0 Å². The second kappa shape index (κ2) is 7.00. The molecular formula is C21H25N3O2. The molecule has 0 atom stereocenters. The summed E-state index contributed by atoms with van der Waals surface area (Å²) < 4.78 is 4.99. The maximum atomic E-state index is 12.3. The first-order valence-corrected chi connectivity index (χ1v) is 9.30. The minimum absolute atomic E-state index is 0.152. The molecule has 5 heteroatoms. The van der Waals surface area contributed by atoms with Crippen LogP contribution < -0.4 is 5.32 Å². The number of fused-ring (bicyclic) bond motifs is 1. The average molecular weight is 351 g/mol. The van der Waals surface area contributed by atoms with Crippen molar-refractivity contribution in [1.29, 1.82) is 0 Å². The first-order chi connectivity index (χ1) is 12.6. The molecule has 5 nitrogen and oxygen atoms in total. The van der Waals surface area contributed by atoms with Crippen LogP contribution >= 0.6 is 0 Å². The second-order valence-corrected chi connectivity index (χ2v) is 7.37. The molecule has 0 spiro atoms. The zero-order valence-corrected chi connectivity index (χ0v) is 15.3. The van der Waals surface area contributed by atoms with E-state index in [1.54, 1.807) is 6.07 Å². The molecule has 0 radical (unpaired) electrons. The maximum Gasteiger partial charge on any atom is 0.258 e. The zero-order valence-electron chi connectivity index (χ0n) is 15.3. The number of aromatic nitrogens is 1. The molecule has 1 saturated heterocycles. The SMILES string of the molecule is CC(C)N1CCC(c2c[nH]c3ccc(NC(=O)c4ccoc4)cc23)CC1. The number of hydrogen-bond donors (Lipinski definition) is 2. The highest BCUT2D eigenvalue weighted by atomic mass is 16.3. The van der Waals surface area contributed by atoms with Crippen LogP contribution in [0.25, 0.3) is 10.9 Å². The summed E-state index contributed by atoms with van der Waals surface area (Å²) in [5.41, 5.74) is 3.82. The van der Waals surface area contributed by atoms with Crippen molar-refractivity contribution in [3.8, 4) is 0 Å². The first kappa shape index (κ1) is 16.9. The van der Waals surface area contributed by atoms with Crippen LogP contribution in [0.1, 0.15) is 48.5 Å². The van der Waals surface area contributed by atoms with Gasteiger partial charge < -0.3 is 19.6 Å². The van der Waals surface area contributed by atoms with Gasteiger partial charge in [0.25, 0.3) is 5.91 Å². The molecule has 0 bridgehead atoms. The summed E-state index contributed by atoms with van der Waals surface area (Å²) in [6.07, 6.45) is 7.46. The molecule has 4 rings (SSSR count). The number of furan rings is 1. The van der Waals surface area contributed by atoms with Crippen LogP contribution in [0.4, 0.5) is 5.69 Å². The summed E-state index contributed by atoms with van der Waals surface area (Å²) in [6.45, 7) is 6.82. The largest absolute Gasteiger partial charge is 0.472 e. The monoisotopic (exact) mass is 351 g/mol. The highest BCUT2D eigenvalue weighted by molar-refractivity contribution is 6.05. The number of benzene rings is 1. The predicted octanol–water partition coefficient (Wildman–Crippen LogP) is 4.60. The molecule has 26 heavy (non-hydrogen) atoms. The quantitative estimate of drug-likeness (QED) is 0.722. The standard InChI is InChI=1S/C21H25N3O2/c1-14(2)24-8-5-15(6-9-24)19-12-22-20-4-3-17(11-18(19)20)23-21(25)16-7-10-26-13-16/h3-4,7,10-15,22H,5-6,8-9H2,1-2H3,(H,23,25). The van der Waals surface area contributed by atoms with Crippen LogP contribution in [0.5, 0.6) is 0 Å². The third kappa shape index (κ3) is 3.27. The van der Waals surface area contributed by atoms with Gasteiger partial charge in [-0.25, -0.2) is 0 Å². The summed E-state index contributed by atoms with van der Waals surface area (Å²) >= 11 is 0. The minimum atomic E-state index is -0.152. The number of amides is 1. The number of carbonyl (C=O) groups excluding carboxylic acids is 1. The van der Waals surface area contributed by atoms with Gasteiger partial charge in [-0.3, -0.25) is 4.79 Å². The first-order valence-electron chi connectivity index (χ1n) is 9.30. The Morgan fingerprint density at radius 3 is 2.77 bits per heavy atom. The number of nitrogens with one attached hydrogen (secondary N) is 2. The van der Waals surface area contributed by atoms with E-state index in [1.807, 2.05) is 12.1 Å². The topological polar surface area (TPSA) is 61.3 Å². The fourth-order valence-electron chi connectivity index (χ4n) is 3.88. The van der Waals surface area contributed by atoms with E-state index in [4.69, 9.17) is 4.42 Å². The van der Waals surface area contributed by atoms with Crippen molar-refractivity contribution in [3.63, 3.8) is 0 Å². The lowest BCUT2D eigenvalue weighted by molar-refractivity contribution is 0.102. The molecule has 3 heterocycles. The van der Waals surface area contributed by atoms with Crippen molar-refractivity contribution < 1.29 is 9.21 Å². The number of likely N-dealkylation sites (tertiary alicyclic amines) is 1. The molecule has 0 saturated carbocycles. The molecule has 3 aromatic rings. The molecule has 0 unspecified atom stereocenters. The minimum Gasteiger partial charge on any atom is -0.472 e. The van der Waals surface area contributed by atoms with E-state index in [0.717, 1.165) is 24.3 Å². The Kier molecular flexibility index (Phi) is 4.55. The number of aromatic amines is 1. The Morgan fingerprint density at radius 1 is 1.27 bits per heavy atom. The number of nitrogens with zero attached hydrogens (tertiary/aromatic N) is 1. The smallest absolute Gasteiger partial charge is 0.258 e. The highest BCUT2D eigenvalue weighted by Crippen LogP contribution is 2.34. The van der Waals surface area contributed by atoms with E-state index in [0.29, 0.717) is 17.5 Å². The Hall–Kier alpha value is -2.53.